The van der Waals surface area contributed by atoms with E-state index < -0.39 is 5.97 Å². The Labute approximate surface area is 168 Å². The monoisotopic (exact) mass is 387 g/mol. The zero-order valence-electron chi connectivity index (χ0n) is 15.8. The van der Waals surface area contributed by atoms with Crippen molar-refractivity contribution in [1.82, 2.24) is 0 Å². The van der Waals surface area contributed by atoms with Crippen LogP contribution in [0.15, 0.2) is 77.4 Å². The second kappa shape index (κ2) is 8.20. The minimum atomic E-state index is -0.887. The van der Waals surface area contributed by atoms with E-state index in [2.05, 4.69) is 0 Å². The number of carboxylic acid groups (broad SMARTS) is 1. The summed E-state index contributed by atoms with van der Waals surface area (Å²) in [5, 5.41) is 10.1. The van der Waals surface area contributed by atoms with Crippen molar-refractivity contribution in [2.24, 2.45) is 5.73 Å². The number of rotatable bonds is 7. The van der Waals surface area contributed by atoms with Crippen LogP contribution in [-0.2, 0) is 24.4 Å². The lowest BCUT2D eigenvalue weighted by Crippen LogP contribution is -2.04. The molecule has 5 heteroatoms. The maximum Gasteiger partial charge on any atom is 0.307 e. The predicted octanol–water partition coefficient (Wildman–Crippen LogP) is 4.76. The standard InChI is InChI=1S/C24H21NO4/c25-14-19-6-1-3-7-20(19)21-12-16(11-18-9-10-28-24(18)21)15-29-22-8-4-2-5-17(22)13-23(26)27/h1-12H,13-15,25H2,(H,26,27). The molecule has 0 spiro atoms. The van der Waals surface area contributed by atoms with E-state index in [0.29, 0.717) is 24.5 Å². The van der Waals surface area contributed by atoms with E-state index in [1.165, 1.54) is 0 Å². The predicted molar refractivity (Wildman–Crippen MR) is 112 cm³/mol. The third-order valence-electron chi connectivity index (χ3n) is 4.85. The van der Waals surface area contributed by atoms with Gasteiger partial charge in [-0.15, -0.1) is 0 Å². The Bertz CT molecular complexity index is 1160. The molecule has 0 atom stereocenters. The van der Waals surface area contributed by atoms with Crippen LogP contribution in [0.4, 0.5) is 0 Å². The van der Waals surface area contributed by atoms with Crippen molar-refractivity contribution in [3.8, 4) is 16.9 Å². The molecule has 3 aromatic carbocycles. The number of furan rings is 1. The second-order valence-electron chi connectivity index (χ2n) is 6.81. The second-order valence-corrected chi connectivity index (χ2v) is 6.81. The molecule has 4 rings (SSSR count). The highest BCUT2D eigenvalue weighted by Crippen LogP contribution is 2.33. The van der Waals surface area contributed by atoms with Gasteiger partial charge in [-0.1, -0.05) is 42.5 Å². The van der Waals surface area contributed by atoms with Gasteiger partial charge in [0.1, 0.15) is 17.9 Å². The first kappa shape index (κ1) is 18.8. The summed E-state index contributed by atoms with van der Waals surface area (Å²) < 4.78 is 11.7. The van der Waals surface area contributed by atoms with Crippen molar-refractivity contribution in [3.05, 3.63) is 89.7 Å². The smallest absolute Gasteiger partial charge is 0.307 e. The molecule has 0 radical (unpaired) electrons. The van der Waals surface area contributed by atoms with Crippen LogP contribution in [0.3, 0.4) is 0 Å². The number of para-hydroxylation sites is 1. The molecular weight excluding hydrogens is 366 g/mol. The molecule has 0 fully saturated rings. The van der Waals surface area contributed by atoms with Gasteiger partial charge in [-0.05, 0) is 41.0 Å². The zero-order chi connectivity index (χ0) is 20.2. The van der Waals surface area contributed by atoms with Crippen LogP contribution in [0.5, 0.6) is 5.75 Å². The van der Waals surface area contributed by atoms with Crippen molar-refractivity contribution >= 4 is 16.9 Å². The molecule has 1 heterocycles. The number of nitrogens with two attached hydrogens (primary N) is 1. The summed E-state index contributed by atoms with van der Waals surface area (Å²) in [7, 11) is 0. The van der Waals surface area contributed by atoms with Crippen LogP contribution in [0.25, 0.3) is 22.1 Å². The Balaban J connectivity index is 1.69. The number of hydrogen-bond acceptors (Lipinski definition) is 4. The third-order valence-corrected chi connectivity index (χ3v) is 4.85. The van der Waals surface area contributed by atoms with Crippen LogP contribution in [-0.4, -0.2) is 11.1 Å². The van der Waals surface area contributed by atoms with Gasteiger partial charge in [0.2, 0.25) is 0 Å². The third kappa shape index (κ3) is 4.00. The fourth-order valence-electron chi connectivity index (χ4n) is 3.50. The van der Waals surface area contributed by atoms with E-state index in [9.17, 15) is 4.79 Å². The number of benzene rings is 3. The summed E-state index contributed by atoms with van der Waals surface area (Å²) in [5.74, 6) is -0.312. The lowest BCUT2D eigenvalue weighted by molar-refractivity contribution is -0.136. The molecule has 0 amide bonds. The molecule has 4 aromatic rings. The minimum absolute atomic E-state index is 0.0773. The lowest BCUT2D eigenvalue weighted by atomic mass is 9.96. The van der Waals surface area contributed by atoms with Gasteiger partial charge in [0.25, 0.3) is 0 Å². The van der Waals surface area contributed by atoms with Crippen LogP contribution >= 0.6 is 0 Å². The minimum Gasteiger partial charge on any atom is -0.489 e. The highest BCUT2D eigenvalue weighted by Gasteiger charge is 2.13. The summed E-state index contributed by atoms with van der Waals surface area (Å²) in [5.41, 5.74) is 11.4. The fraction of sp³-hybridized carbons (Fsp3) is 0.125. The average Bonchev–Trinajstić information content (AvgIpc) is 3.21. The topological polar surface area (TPSA) is 85.7 Å². The Hall–Kier alpha value is -3.57. The normalized spacial score (nSPS) is 10.9. The molecule has 5 nitrogen and oxygen atoms in total. The van der Waals surface area contributed by atoms with E-state index >= 15 is 0 Å². The van der Waals surface area contributed by atoms with Gasteiger partial charge in [-0.2, -0.15) is 0 Å². The number of carbonyl (C=O) groups is 1. The Morgan fingerprint density at radius 2 is 1.72 bits per heavy atom. The molecule has 0 bridgehead atoms. The highest BCUT2D eigenvalue weighted by atomic mass is 16.5. The summed E-state index contributed by atoms with van der Waals surface area (Å²) >= 11 is 0. The van der Waals surface area contributed by atoms with E-state index in [0.717, 1.165) is 33.2 Å². The largest absolute Gasteiger partial charge is 0.489 e. The first-order valence-electron chi connectivity index (χ1n) is 9.36. The van der Waals surface area contributed by atoms with E-state index in [4.69, 9.17) is 20.0 Å². The van der Waals surface area contributed by atoms with Crippen molar-refractivity contribution in [2.45, 2.75) is 19.6 Å². The number of carboxylic acids is 1. The first-order chi connectivity index (χ1) is 14.2. The molecule has 29 heavy (non-hydrogen) atoms. The highest BCUT2D eigenvalue weighted by molar-refractivity contribution is 5.94. The Morgan fingerprint density at radius 3 is 2.52 bits per heavy atom. The number of hydrogen-bond donors (Lipinski definition) is 2. The van der Waals surface area contributed by atoms with Gasteiger partial charge in [-0.3, -0.25) is 4.79 Å². The number of fused-ring (bicyclic) bond motifs is 1. The van der Waals surface area contributed by atoms with Crippen LogP contribution in [0.1, 0.15) is 16.7 Å². The quantitative estimate of drug-likeness (QED) is 0.477. The summed E-state index contributed by atoms with van der Waals surface area (Å²) in [4.78, 5) is 11.1. The molecule has 0 unspecified atom stereocenters. The van der Waals surface area contributed by atoms with Crippen molar-refractivity contribution < 1.29 is 19.1 Å². The first-order valence-corrected chi connectivity index (χ1v) is 9.36. The van der Waals surface area contributed by atoms with Crippen molar-refractivity contribution in [3.63, 3.8) is 0 Å². The molecule has 0 aliphatic rings. The Kier molecular flexibility index (Phi) is 5.31. The molecule has 0 saturated carbocycles. The maximum atomic E-state index is 11.1. The van der Waals surface area contributed by atoms with Gasteiger partial charge in [0, 0.05) is 23.1 Å². The molecule has 146 valence electrons. The van der Waals surface area contributed by atoms with Gasteiger partial charge >= 0.3 is 5.97 Å². The molecule has 0 aliphatic heterocycles. The Morgan fingerprint density at radius 1 is 0.966 bits per heavy atom. The summed E-state index contributed by atoms with van der Waals surface area (Å²) in [6.45, 7) is 0.747. The summed E-state index contributed by atoms with van der Waals surface area (Å²) in [6, 6.07) is 21.2. The van der Waals surface area contributed by atoms with Crippen LogP contribution in [0.2, 0.25) is 0 Å². The van der Waals surface area contributed by atoms with Crippen LogP contribution in [0, 0.1) is 0 Å². The lowest BCUT2D eigenvalue weighted by Gasteiger charge is -2.13. The van der Waals surface area contributed by atoms with E-state index in [-0.39, 0.29) is 6.42 Å². The molecule has 0 aliphatic carbocycles. The van der Waals surface area contributed by atoms with Gasteiger partial charge in [0.15, 0.2) is 0 Å². The van der Waals surface area contributed by atoms with Gasteiger partial charge < -0.3 is 20.0 Å². The zero-order valence-corrected chi connectivity index (χ0v) is 15.8. The van der Waals surface area contributed by atoms with Crippen molar-refractivity contribution in [1.29, 1.82) is 0 Å². The SMILES string of the molecule is NCc1ccccc1-c1cc(COc2ccccc2CC(=O)O)cc2ccoc12. The fourth-order valence-corrected chi connectivity index (χ4v) is 3.50. The van der Waals surface area contributed by atoms with E-state index in [1.807, 2.05) is 54.6 Å². The van der Waals surface area contributed by atoms with Crippen LogP contribution < -0.4 is 10.5 Å². The van der Waals surface area contributed by atoms with E-state index in [1.54, 1.807) is 18.4 Å². The van der Waals surface area contributed by atoms with Gasteiger partial charge in [-0.25, -0.2) is 0 Å². The number of ether oxygens (including phenoxy) is 1. The molecule has 3 N–H and O–H groups in total. The molecule has 0 saturated heterocycles. The summed E-state index contributed by atoms with van der Waals surface area (Å²) in [6.07, 6.45) is 1.60. The maximum absolute atomic E-state index is 11.1. The average molecular weight is 387 g/mol. The molecular formula is C24H21NO4. The molecule has 1 aromatic heterocycles. The van der Waals surface area contributed by atoms with Gasteiger partial charge in [0.05, 0.1) is 12.7 Å². The van der Waals surface area contributed by atoms with Crippen molar-refractivity contribution in [2.75, 3.05) is 0 Å². The number of aliphatic carboxylic acids is 1.